The topological polar surface area (TPSA) is 80.5 Å². The van der Waals surface area contributed by atoms with Gasteiger partial charge in [0, 0.05) is 32.1 Å². The molecule has 7 nitrogen and oxygen atoms in total. The molecule has 3 aromatic rings. The number of carbonyl (C=O) groups is 1. The largest absolute Gasteiger partial charge is 0.450 e. The lowest BCUT2D eigenvalue weighted by Crippen LogP contribution is -2.29. The highest BCUT2D eigenvalue weighted by Gasteiger charge is 2.24. The summed E-state index contributed by atoms with van der Waals surface area (Å²) in [6, 6.07) is 7.72. The molecule has 0 bridgehead atoms. The van der Waals surface area contributed by atoms with Crippen LogP contribution in [0.3, 0.4) is 0 Å². The fraction of sp³-hybridized carbons (Fsp3) is 0.389. The number of aromatic nitrogens is 2. The number of amides is 1. The molecule has 1 amide bonds. The molecule has 0 saturated carbocycles. The quantitative estimate of drug-likeness (QED) is 0.718. The third kappa shape index (κ3) is 2.91. The minimum Gasteiger partial charge on any atom is -0.450 e. The Morgan fingerprint density at radius 1 is 1.28 bits per heavy atom. The average molecular weight is 340 g/mol. The van der Waals surface area contributed by atoms with Gasteiger partial charge in [0.1, 0.15) is 11.1 Å². The number of hydrogen-bond acceptors (Lipinski definition) is 6. The van der Waals surface area contributed by atoms with E-state index in [4.69, 9.17) is 9.15 Å². The number of furan rings is 1. The molecule has 0 unspecified atom stereocenters. The Labute approximate surface area is 145 Å². The summed E-state index contributed by atoms with van der Waals surface area (Å²) < 4.78 is 11.0. The summed E-state index contributed by atoms with van der Waals surface area (Å²) in [5.41, 5.74) is 2.09. The standard InChI is InChI=1S/C18H20N4O3/c1-24-11-8-19-18(23)16-20-14-12-6-2-3-7-13(12)25-15(14)17(21-16)22-9-4-5-10-22/h2-3,6-7H,4-5,8-11H2,1H3,(H,19,23). The number of nitrogens with zero attached hydrogens (tertiary/aromatic N) is 3. The molecule has 0 aliphatic carbocycles. The minimum absolute atomic E-state index is 0.164. The predicted molar refractivity (Wildman–Crippen MR) is 95.0 cm³/mol. The number of para-hydroxylation sites is 1. The fourth-order valence-corrected chi connectivity index (χ4v) is 3.17. The van der Waals surface area contributed by atoms with Crippen LogP contribution in [0.1, 0.15) is 23.5 Å². The first-order chi connectivity index (χ1) is 12.3. The summed E-state index contributed by atoms with van der Waals surface area (Å²) in [6.07, 6.45) is 2.22. The van der Waals surface area contributed by atoms with Crippen molar-refractivity contribution in [1.29, 1.82) is 0 Å². The van der Waals surface area contributed by atoms with E-state index in [0.29, 0.717) is 30.1 Å². The van der Waals surface area contributed by atoms with Crippen molar-refractivity contribution in [2.75, 3.05) is 38.3 Å². The van der Waals surface area contributed by atoms with E-state index >= 15 is 0 Å². The summed E-state index contributed by atoms with van der Waals surface area (Å²) in [4.78, 5) is 23.6. The molecule has 1 N–H and O–H groups in total. The molecule has 130 valence electrons. The summed E-state index contributed by atoms with van der Waals surface area (Å²) in [7, 11) is 1.60. The fourth-order valence-electron chi connectivity index (χ4n) is 3.17. The van der Waals surface area contributed by atoms with Crippen molar-refractivity contribution in [2.45, 2.75) is 12.8 Å². The Kier molecular flexibility index (Phi) is 4.23. The summed E-state index contributed by atoms with van der Waals surface area (Å²) >= 11 is 0. The highest BCUT2D eigenvalue weighted by Crippen LogP contribution is 2.34. The van der Waals surface area contributed by atoms with Gasteiger partial charge in [-0.05, 0) is 25.0 Å². The van der Waals surface area contributed by atoms with E-state index in [1.165, 1.54) is 0 Å². The summed E-state index contributed by atoms with van der Waals surface area (Å²) in [6.45, 7) is 2.69. The number of ether oxygens (including phenoxy) is 1. The molecular formula is C18H20N4O3. The van der Waals surface area contributed by atoms with Gasteiger partial charge >= 0.3 is 0 Å². The van der Waals surface area contributed by atoms with E-state index in [1.54, 1.807) is 7.11 Å². The van der Waals surface area contributed by atoms with Crippen LogP contribution in [0.5, 0.6) is 0 Å². The van der Waals surface area contributed by atoms with Crippen LogP contribution in [0.2, 0.25) is 0 Å². The van der Waals surface area contributed by atoms with Crippen LogP contribution < -0.4 is 10.2 Å². The molecule has 4 rings (SSSR count). The number of hydrogen-bond donors (Lipinski definition) is 1. The van der Waals surface area contributed by atoms with Crippen molar-refractivity contribution in [3.8, 4) is 0 Å². The Morgan fingerprint density at radius 3 is 2.88 bits per heavy atom. The number of rotatable bonds is 5. The van der Waals surface area contributed by atoms with Crippen molar-refractivity contribution in [2.24, 2.45) is 0 Å². The average Bonchev–Trinajstić information content (AvgIpc) is 3.29. The number of benzene rings is 1. The Bertz CT molecular complexity index is 915. The van der Waals surface area contributed by atoms with Crippen molar-refractivity contribution in [3.05, 3.63) is 30.1 Å². The van der Waals surface area contributed by atoms with Gasteiger partial charge in [0.05, 0.1) is 6.61 Å². The normalized spacial score (nSPS) is 14.5. The monoisotopic (exact) mass is 340 g/mol. The number of anilines is 1. The van der Waals surface area contributed by atoms with Gasteiger partial charge in [0.15, 0.2) is 11.4 Å². The molecular weight excluding hydrogens is 320 g/mol. The third-order valence-corrected chi connectivity index (χ3v) is 4.40. The zero-order chi connectivity index (χ0) is 17.2. The molecule has 0 atom stereocenters. The zero-order valence-electron chi connectivity index (χ0n) is 14.1. The molecule has 2 aromatic heterocycles. The summed E-state index contributed by atoms with van der Waals surface area (Å²) in [5, 5.41) is 3.68. The lowest BCUT2D eigenvalue weighted by atomic mass is 10.2. The summed E-state index contributed by atoms with van der Waals surface area (Å²) in [5.74, 6) is 0.567. The molecule has 1 saturated heterocycles. The van der Waals surface area contributed by atoms with E-state index in [2.05, 4.69) is 20.2 Å². The first-order valence-electron chi connectivity index (χ1n) is 8.49. The highest BCUT2D eigenvalue weighted by molar-refractivity contribution is 6.07. The number of methoxy groups -OCH3 is 1. The van der Waals surface area contributed by atoms with E-state index in [0.717, 1.165) is 36.9 Å². The van der Waals surface area contributed by atoms with Gasteiger partial charge in [-0.2, -0.15) is 0 Å². The lowest BCUT2D eigenvalue weighted by Gasteiger charge is -2.16. The maximum absolute atomic E-state index is 12.4. The van der Waals surface area contributed by atoms with E-state index < -0.39 is 0 Å². The van der Waals surface area contributed by atoms with Crippen LogP contribution >= 0.6 is 0 Å². The van der Waals surface area contributed by atoms with Crippen molar-refractivity contribution in [3.63, 3.8) is 0 Å². The Morgan fingerprint density at radius 2 is 2.08 bits per heavy atom. The third-order valence-electron chi connectivity index (χ3n) is 4.40. The van der Waals surface area contributed by atoms with Gasteiger partial charge in [-0.25, -0.2) is 9.97 Å². The molecule has 0 spiro atoms. The maximum Gasteiger partial charge on any atom is 0.289 e. The van der Waals surface area contributed by atoms with Crippen LogP contribution in [-0.2, 0) is 4.74 Å². The molecule has 0 radical (unpaired) electrons. The predicted octanol–water partition coefficient (Wildman–Crippen LogP) is 2.35. The van der Waals surface area contributed by atoms with Gasteiger partial charge in [0.2, 0.25) is 5.82 Å². The number of fused-ring (bicyclic) bond motifs is 3. The molecule has 25 heavy (non-hydrogen) atoms. The Balaban J connectivity index is 1.83. The van der Waals surface area contributed by atoms with Crippen molar-refractivity contribution < 1.29 is 13.9 Å². The van der Waals surface area contributed by atoms with Crippen LogP contribution in [0.4, 0.5) is 5.82 Å². The first kappa shape index (κ1) is 15.8. The minimum atomic E-state index is -0.301. The van der Waals surface area contributed by atoms with Crippen molar-refractivity contribution >= 4 is 33.8 Å². The number of carbonyl (C=O) groups excluding carboxylic acids is 1. The lowest BCUT2D eigenvalue weighted by molar-refractivity contribution is 0.0927. The van der Waals surface area contributed by atoms with Crippen LogP contribution in [0.25, 0.3) is 22.1 Å². The van der Waals surface area contributed by atoms with Crippen LogP contribution in [-0.4, -0.2) is 49.2 Å². The number of nitrogens with one attached hydrogen (secondary N) is 1. The molecule has 7 heteroatoms. The molecule has 1 aliphatic heterocycles. The first-order valence-corrected chi connectivity index (χ1v) is 8.49. The maximum atomic E-state index is 12.4. The molecule has 1 aliphatic rings. The second kappa shape index (κ2) is 6.68. The smallest absolute Gasteiger partial charge is 0.289 e. The van der Waals surface area contributed by atoms with Crippen LogP contribution in [0.15, 0.2) is 28.7 Å². The van der Waals surface area contributed by atoms with Gasteiger partial charge in [-0.1, -0.05) is 12.1 Å². The van der Waals surface area contributed by atoms with E-state index in [1.807, 2.05) is 24.3 Å². The van der Waals surface area contributed by atoms with Gasteiger partial charge in [-0.3, -0.25) is 4.79 Å². The van der Waals surface area contributed by atoms with E-state index in [-0.39, 0.29) is 11.7 Å². The van der Waals surface area contributed by atoms with E-state index in [9.17, 15) is 4.79 Å². The SMILES string of the molecule is COCCNC(=O)c1nc(N2CCCC2)c2oc3ccccc3c2n1. The zero-order valence-corrected chi connectivity index (χ0v) is 14.1. The highest BCUT2D eigenvalue weighted by atomic mass is 16.5. The second-order valence-corrected chi connectivity index (χ2v) is 6.09. The molecule has 1 aromatic carbocycles. The molecule has 3 heterocycles. The Hall–Kier alpha value is -2.67. The van der Waals surface area contributed by atoms with Gasteiger partial charge < -0.3 is 19.4 Å². The van der Waals surface area contributed by atoms with Crippen LogP contribution in [0, 0.1) is 0 Å². The van der Waals surface area contributed by atoms with Gasteiger partial charge in [-0.15, -0.1) is 0 Å². The second-order valence-electron chi connectivity index (χ2n) is 6.09. The van der Waals surface area contributed by atoms with Crippen molar-refractivity contribution in [1.82, 2.24) is 15.3 Å². The molecule has 1 fully saturated rings. The van der Waals surface area contributed by atoms with Gasteiger partial charge in [0.25, 0.3) is 5.91 Å².